The van der Waals surface area contributed by atoms with Crippen LogP contribution in [0.25, 0.3) is 33.9 Å². The molecule has 9 aromatic rings. The van der Waals surface area contributed by atoms with Crippen LogP contribution in [0, 0.1) is 5.82 Å². The molecule has 0 radical (unpaired) electrons. The van der Waals surface area contributed by atoms with Crippen LogP contribution in [0.15, 0.2) is 94.1 Å². The Labute approximate surface area is 434 Å². The number of anilines is 1. The summed E-state index contributed by atoms with van der Waals surface area (Å²) in [7, 11) is 0. The Morgan fingerprint density at radius 2 is 1.28 bits per heavy atom. The Bertz CT molecular complexity index is 3910. The molecule has 24 heteroatoms. The number of aliphatic imine (C=N–C) groups is 2. The van der Waals surface area contributed by atoms with Gasteiger partial charge in [0.2, 0.25) is 11.7 Å². The van der Waals surface area contributed by atoms with Gasteiger partial charge in [-0.15, -0.1) is 0 Å². The van der Waals surface area contributed by atoms with Crippen molar-refractivity contribution in [2.45, 2.75) is 125 Å². The van der Waals surface area contributed by atoms with E-state index in [-0.39, 0.29) is 64.6 Å². The second kappa shape index (κ2) is 20.7. The number of H-pyrrole nitrogens is 1. The van der Waals surface area contributed by atoms with Crippen molar-refractivity contribution in [1.82, 2.24) is 71.3 Å². The molecule has 0 amide bonds. The van der Waals surface area contributed by atoms with Crippen molar-refractivity contribution in [3.8, 4) is 5.82 Å². The molecule has 0 aliphatic carbocycles. The fourth-order valence-corrected chi connectivity index (χ4v) is 8.99. The van der Waals surface area contributed by atoms with Gasteiger partial charge in [0.05, 0.1) is 43.1 Å². The van der Waals surface area contributed by atoms with E-state index in [1.54, 1.807) is 52.9 Å². The van der Waals surface area contributed by atoms with Crippen molar-refractivity contribution < 1.29 is 18.8 Å². The summed E-state index contributed by atoms with van der Waals surface area (Å²) < 4.78 is 27.9. The van der Waals surface area contributed by atoms with Crippen LogP contribution in [0.4, 0.5) is 22.0 Å². The number of fused-ring (bicyclic) bond motifs is 9. The van der Waals surface area contributed by atoms with Crippen molar-refractivity contribution >= 4 is 75.5 Å². The first-order chi connectivity index (χ1) is 36.2. The third-order valence-electron chi connectivity index (χ3n) is 12.9. The number of halogens is 1. The summed E-state index contributed by atoms with van der Waals surface area (Å²) in [5.41, 5.74) is 4.18. The lowest BCUT2D eigenvalue weighted by molar-refractivity contribution is 0.0977. The van der Waals surface area contributed by atoms with Crippen LogP contribution in [0.1, 0.15) is 149 Å². The lowest BCUT2D eigenvalue weighted by atomic mass is 10.1. The average Bonchev–Trinajstić information content (AvgIpc) is 4.23. The normalized spacial score (nSPS) is 14.1. The summed E-state index contributed by atoms with van der Waals surface area (Å²) in [5, 5.41) is 3.00. The molecule has 0 atom stereocenters. The van der Waals surface area contributed by atoms with Crippen LogP contribution in [0.5, 0.6) is 0 Å². The lowest BCUT2D eigenvalue weighted by Gasteiger charge is -2.18. The molecule has 13 heterocycles. The van der Waals surface area contributed by atoms with Crippen molar-refractivity contribution in [3.63, 3.8) is 0 Å². The minimum atomic E-state index is -0.462. The maximum atomic E-state index is 13.4. The zero-order valence-electron chi connectivity index (χ0n) is 43.9. The third kappa shape index (κ3) is 9.56. The Balaban J connectivity index is 0.000000116. The van der Waals surface area contributed by atoms with Gasteiger partial charge in [-0.25, -0.2) is 43.7 Å². The highest BCUT2D eigenvalue weighted by Gasteiger charge is 2.29. The Morgan fingerprint density at radius 1 is 0.645 bits per heavy atom. The molecule has 0 aromatic carbocycles. The van der Waals surface area contributed by atoms with Crippen LogP contribution in [-0.2, 0) is 13.0 Å². The fraction of sp³-hybridized carbons (Fsp3) is 0.365. The van der Waals surface area contributed by atoms with Crippen molar-refractivity contribution in [3.05, 3.63) is 124 Å². The molecule has 0 saturated carbocycles. The topological polar surface area (TPSA) is 254 Å². The highest BCUT2D eigenvalue weighted by atomic mass is 19.1. The maximum absolute atomic E-state index is 13.4. The van der Waals surface area contributed by atoms with E-state index in [0.717, 1.165) is 34.4 Å². The molecule has 13 rings (SSSR count). The van der Waals surface area contributed by atoms with Crippen molar-refractivity contribution in [2.24, 2.45) is 9.98 Å². The molecule has 2 N–H and O–H groups in total. The van der Waals surface area contributed by atoms with Crippen molar-refractivity contribution in [2.75, 3.05) is 5.32 Å². The number of rotatable bonds is 5. The SMILES string of the molecule is C=C1Cn2c(nc3c(ncn3C(C)C)c2=O)N1.CC(C)n1cc(F)c2c1N=CCC2=O.CC(C)n1ccc2c1N=CCC2=O.CC(C)n1cnc2c(=O)n3ccnc3[nH]c21.CC(C)n1cnc2c1-n1ccnc1CC2=O. The highest BCUT2D eigenvalue weighted by Crippen LogP contribution is 2.32. The predicted octanol–water partition coefficient (Wildman–Crippen LogP) is 8.31. The zero-order valence-corrected chi connectivity index (χ0v) is 43.9. The van der Waals surface area contributed by atoms with E-state index >= 15 is 0 Å². The van der Waals surface area contributed by atoms with E-state index < -0.39 is 5.82 Å². The molecule has 394 valence electrons. The molecule has 9 aromatic heterocycles. The van der Waals surface area contributed by atoms with Gasteiger partial charge in [0, 0.05) is 98.4 Å². The minimum absolute atomic E-state index is 0.0492. The Hall–Kier alpha value is -8.96. The minimum Gasteiger partial charge on any atom is -0.330 e. The number of hydrogen-bond donors (Lipinski definition) is 2. The fourth-order valence-electron chi connectivity index (χ4n) is 8.99. The number of nitrogens with zero attached hydrogens (tertiary/aromatic N) is 16. The number of hydrogen-bond acceptors (Lipinski definition) is 14. The maximum Gasteiger partial charge on any atom is 0.287 e. The van der Waals surface area contributed by atoms with E-state index in [0.29, 0.717) is 65.3 Å². The molecule has 0 saturated heterocycles. The quantitative estimate of drug-likeness (QED) is 0.165. The smallest absolute Gasteiger partial charge is 0.287 e. The molecule has 4 aliphatic heterocycles. The van der Waals surface area contributed by atoms with E-state index in [9.17, 15) is 28.4 Å². The van der Waals surface area contributed by atoms with Crippen LogP contribution in [-0.4, -0.2) is 101 Å². The molecular formula is C52H59FN18O5. The summed E-state index contributed by atoms with van der Waals surface area (Å²) in [4.78, 5) is 95.5. The van der Waals surface area contributed by atoms with Crippen LogP contribution < -0.4 is 16.4 Å². The number of allylic oxidation sites excluding steroid dienone is 1. The molecular weight excluding hydrogens is 976 g/mol. The second-order valence-electron chi connectivity index (χ2n) is 19.8. The summed E-state index contributed by atoms with van der Waals surface area (Å²) in [6, 6.07) is 3.06. The van der Waals surface area contributed by atoms with Crippen LogP contribution >= 0.6 is 0 Å². The average molecular weight is 1040 g/mol. The number of carbonyl (C=O) groups is 3. The molecule has 76 heavy (non-hydrogen) atoms. The Kier molecular flexibility index (Phi) is 14.2. The van der Waals surface area contributed by atoms with Gasteiger partial charge in [-0.05, 0) is 75.3 Å². The van der Waals surface area contributed by atoms with Gasteiger partial charge in [-0.3, -0.25) is 33.1 Å². The number of carbonyl (C=O) groups excluding carboxylic acids is 3. The van der Waals surface area contributed by atoms with Crippen LogP contribution in [0.3, 0.4) is 0 Å². The third-order valence-corrected chi connectivity index (χ3v) is 12.9. The number of ketones is 3. The summed E-state index contributed by atoms with van der Waals surface area (Å²) in [5.74, 6) is 3.56. The summed E-state index contributed by atoms with van der Waals surface area (Å²) >= 11 is 0. The largest absolute Gasteiger partial charge is 0.330 e. The Morgan fingerprint density at radius 3 is 1.97 bits per heavy atom. The van der Waals surface area contributed by atoms with E-state index in [4.69, 9.17) is 0 Å². The highest BCUT2D eigenvalue weighted by molar-refractivity contribution is 6.10. The predicted molar refractivity (Wildman–Crippen MR) is 286 cm³/mol. The van der Waals surface area contributed by atoms with Gasteiger partial charge in [0.1, 0.15) is 34.6 Å². The lowest BCUT2D eigenvalue weighted by Crippen LogP contribution is -2.21. The number of nitrogens with one attached hydrogen (secondary N) is 2. The number of imidazole rings is 5. The van der Waals surface area contributed by atoms with Crippen LogP contribution in [0.2, 0.25) is 0 Å². The number of aromatic nitrogens is 15. The molecule has 4 aliphatic rings. The van der Waals surface area contributed by atoms with Gasteiger partial charge >= 0.3 is 0 Å². The van der Waals surface area contributed by atoms with Gasteiger partial charge in [-0.1, -0.05) is 6.58 Å². The van der Waals surface area contributed by atoms with E-state index in [2.05, 4.69) is 84.5 Å². The number of Topliss-reactive ketones (excluding diaryl/α,β-unsaturated/α-hetero) is 3. The zero-order chi connectivity index (χ0) is 54.4. The molecule has 23 nitrogen and oxygen atoms in total. The number of aromatic amines is 1. The van der Waals surface area contributed by atoms with E-state index in [1.807, 2.05) is 82.8 Å². The molecule has 0 spiro atoms. The standard InChI is InChI=1S/C11H13N5O.C11H12N4O.C10H11FN2O.C10H11N5O.C10H12N2O/c1-6(2)16-5-12-8-9(16)14-11-13-7(3)4-15(11)10(8)17;1-7(2)15-6-13-10-8(16)5-9-12-3-4-14(9)11(10)15;1-6(2)13-5-7(11)9-8(14)3-4-12-10(9)13;1-6(2)15-5-12-7-8(15)13-10-11-3-4-14(10)9(7)16;1-7(2)12-6-4-8-9(13)3-5-11-10(8)12/h5-6H,3-4H2,1-2H3,(H,13,14);3-4,6-7H,5H2,1-2H3;4-6H,3H2,1-2H3;3-6H,1-2H3,(H,11,13);4-7H,3H2,1-2H3. The van der Waals surface area contributed by atoms with Gasteiger partial charge in [0.15, 0.2) is 39.8 Å². The first-order valence-corrected chi connectivity index (χ1v) is 24.9. The van der Waals surface area contributed by atoms with Gasteiger partial charge < -0.3 is 33.1 Å². The first-order valence-electron chi connectivity index (χ1n) is 24.9. The molecule has 0 unspecified atom stereocenters. The van der Waals surface area contributed by atoms with Gasteiger partial charge in [0.25, 0.3) is 11.1 Å². The second-order valence-corrected chi connectivity index (χ2v) is 19.8. The molecule has 0 fully saturated rings. The summed E-state index contributed by atoms with van der Waals surface area (Å²) in [6.07, 6.45) is 19.3. The first kappa shape index (κ1) is 51.9. The van der Waals surface area contributed by atoms with Crippen molar-refractivity contribution in [1.29, 1.82) is 0 Å². The van der Waals surface area contributed by atoms with Gasteiger partial charge in [-0.2, -0.15) is 4.98 Å². The monoisotopic (exact) mass is 1030 g/mol. The molecule has 0 bridgehead atoms. The van der Waals surface area contributed by atoms with E-state index in [1.165, 1.54) is 16.8 Å². The summed E-state index contributed by atoms with van der Waals surface area (Å²) in [6.45, 7) is 24.5.